The number of hydrogen-bond donors (Lipinski definition) is 2. The Hall–Kier alpha value is -1.64. The Bertz CT molecular complexity index is 864. The maximum absolute atomic E-state index is 12.5. The maximum atomic E-state index is 12.5. The monoisotopic (exact) mass is 444 g/mol. The first-order chi connectivity index (χ1) is 13.4. The van der Waals surface area contributed by atoms with Gasteiger partial charge in [0.2, 0.25) is 10.0 Å². The normalized spacial score (nSPS) is 20.2. The minimum atomic E-state index is -3.93. The summed E-state index contributed by atoms with van der Waals surface area (Å²) in [6.07, 6.45) is 4.21. The van der Waals surface area contributed by atoms with Crippen molar-refractivity contribution in [2.75, 3.05) is 6.61 Å². The third-order valence-electron chi connectivity index (χ3n) is 4.69. The molecule has 2 unspecified atom stereocenters. The fourth-order valence-electron chi connectivity index (χ4n) is 3.29. The summed E-state index contributed by atoms with van der Waals surface area (Å²) in [6.45, 7) is 6.76. The van der Waals surface area contributed by atoms with E-state index in [1.54, 1.807) is 20.8 Å². The number of ether oxygens (including phenoxy) is 1. The number of rotatable bonds is 6. The van der Waals surface area contributed by atoms with Crippen LogP contribution in [0.15, 0.2) is 23.1 Å². The summed E-state index contributed by atoms with van der Waals surface area (Å²) in [6, 6.07) is 3.92. The summed E-state index contributed by atoms with van der Waals surface area (Å²) in [4.78, 5) is 24.2. The summed E-state index contributed by atoms with van der Waals surface area (Å²) in [7, 11) is -3.93. The molecule has 0 spiro atoms. The van der Waals surface area contributed by atoms with Crippen molar-refractivity contribution in [1.82, 2.24) is 10.0 Å². The number of carbonyl (C=O) groups is 2. The van der Waals surface area contributed by atoms with Gasteiger partial charge in [0.25, 0.3) is 5.91 Å². The van der Waals surface area contributed by atoms with E-state index in [1.165, 1.54) is 12.1 Å². The number of esters is 1. The van der Waals surface area contributed by atoms with E-state index in [-0.39, 0.29) is 27.4 Å². The molecule has 9 heteroatoms. The Morgan fingerprint density at radius 3 is 2.48 bits per heavy atom. The number of halogens is 1. The highest BCUT2D eigenvalue weighted by Gasteiger charge is 2.26. The standard InChI is InChI=1S/C20H29ClN2O5S/c1-13-7-5-6-8-16(13)22-18(24)12-28-19(25)14-9-10-15(21)17(11-14)29(26,27)23-20(2,3)4/h9-11,13,16,23H,5-8,12H2,1-4H3,(H,22,24). The SMILES string of the molecule is CC1CCCCC1NC(=O)COC(=O)c1ccc(Cl)c(S(=O)(=O)NC(C)(C)C)c1. The van der Waals surface area contributed by atoms with Crippen LogP contribution in [0.1, 0.15) is 63.7 Å². The van der Waals surface area contributed by atoms with Crippen LogP contribution in [0.5, 0.6) is 0 Å². The number of benzene rings is 1. The molecular weight excluding hydrogens is 416 g/mol. The topological polar surface area (TPSA) is 102 Å². The number of hydrogen-bond acceptors (Lipinski definition) is 5. The van der Waals surface area contributed by atoms with E-state index in [1.807, 2.05) is 0 Å². The first-order valence-corrected chi connectivity index (χ1v) is 11.6. The molecule has 2 atom stereocenters. The van der Waals surface area contributed by atoms with Crippen molar-refractivity contribution in [3.63, 3.8) is 0 Å². The van der Waals surface area contributed by atoms with E-state index in [4.69, 9.17) is 16.3 Å². The highest BCUT2D eigenvalue weighted by molar-refractivity contribution is 7.89. The molecule has 0 bridgehead atoms. The van der Waals surface area contributed by atoms with Gasteiger partial charge in [-0.25, -0.2) is 17.9 Å². The molecule has 0 aliphatic heterocycles. The third-order valence-corrected chi connectivity index (χ3v) is 6.93. The van der Waals surface area contributed by atoms with Gasteiger partial charge in [0.15, 0.2) is 6.61 Å². The molecule has 1 aliphatic carbocycles. The van der Waals surface area contributed by atoms with Crippen molar-refractivity contribution in [3.05, 3.63) is 28.8 Å². The van der Waals surface area contributed by atoms with Crippen LogP contribution < -0.4 is 10.0 Å². The molecule has 0 heterocycles. The summed E-state index contributed by atoms with van der Waals surface area (Å²) in [5.74, 6) is -0.767. The maximum Gasteiger partial charge on any atom is 0.338 e. The Kier molecular flexibility index (Phi) is 7.70. The molecule has 2 rings (SSSR count). The lowest BCUT2D eigenvalue weighted by Gasteiger charge is -2.29. The largest absolute Gasteiger partial charge is 0.452 e. The van der Waals surface area contributed by atoms with Crippen LogP contribution in [-0.4, -0.2) is 38.5 Å². The van der Waals surface area contributed by atoms with Gasteiger partial charge < -0.3 is 10.1 Å². The summed E-state index contributed by atoms with van der Waals surface area (Å²) >= 11 is 6.03. The number of nitrogens with one attached hydrogen (secondary N) is 2. The van der Waals surface area contributed by atoms with Gasteiger partial charge in [0, 0.05) is 11.6 Å². The van der Waals surface area contributed by atoms with E-state index in [0.717, 1.165) is 31.7 Å². The van der Waals surface area contributed by atoms with Gasteiger partial charge in [-0.15, -0.1) is 0 Å². The zero-order valence-electron chi connectivity index (χ0n) is 17.2. The smallest absolute Gasteiger partial charge is 0.338 e. The Balaban J connectivity index is 2.03. The first-order valence-electron chi connectivity index (χ1n) is 9.69. The summed E-state index contributed by atoms with van der Waals surface area (Å²) in [5, 5.41) is 2.89. The molecule has 0 saturated heterocycles. The summed E-state index contributed by atoms with van der Waals surface area (Å²) in [5.41, 5.74) is -0.713. The molecule has 1 saturated carbocycles. The lowest BCUT2D eigenvalue weighted by atomic mass is 9.86. The molecule has 1 fully saturated rings. The second-order valence-electron chi connectivity index (χ2n) is 8.51. The van der Waals surface area contributed by atoms with Crippen molar-refractivity contribution in [3.8, 4) is 0 Å². The van der Waals surface area contributed by atoms with E-state index >= 15 is 0 Å². The number of amides is 1. The van der Waals surface area contributed by atoms with E-state index < -0.39 is 28.1 Å². The molecule has 0 radical (unpaired) electrons. The predicted octanol–water partition coefficient (Wildman–Crippen LogP) is 3.27. The quantitative estimate of drug-likeness (QED) is 0.655. The second-order valence-corrected chi connectivity index (χ2v) is 10.6. The average Bonchev–Trinajstić information content (AvgIpc) is 2.60. The van der Waals surface area contributed by atoms with Crippen LogP contribution in [0.2, 0.25) is 5.02 Å². The van der Waals surface area contributed by atoms with Crippen LogP contribution in [0.4, 0.5) is 0 Å². The molecule has 0 aromatic heterocycles. The Morgan fingerprint density at radius 2 is 1.86 bits per heavy atom. The zero-order chi connectivity index (χ0) is 21.8. The Morgan fingerprint density at radius 1 is 1.21 bits per heavy atom. The average molecular weight is 445 g/mol. The molecule has 1 aliphatic rings. The van der Waals surface area contributed by atoms with E-state index in [0.29, 0.717) is 5.92 Å². The fraction of sp³-hybridized carbons (Fsp3) is 0.600. The van der Waals surface area contributed by atoms with Crippen LogP contribution in [-0.2, 0) is 19.6 Å². The van der Waals surface area contributed by atoms with Crippen LogP contribution in [0.3, 0.4) is 0 Å². The minimum absolute atomic E-state index is 0.00233. The molecule has 2 N–H and O–H groups in total. The molecule has 1 aromatic rings. The van der Waals surface area contributed by atoms with Gasteiger partial charge in [0.1, 0.15) is 4.90 Å². The number of carbonyl (C=O) groups excluding carboxylic acids is 2. The number of sulfonamides is 1. The molecule has 162 valence electrons. The molecule has 1 amide bonds. The minimum Gasteiger partial charge on any atom is -0.452 e. The predicted molar refractivity (Wildman–Crippen MR) is 111 cm³/mol. The van der Waals surface area contributed by atoms with Crippen LogP contribution in [0, 0.1) is 5.92 Å². The van der Waals surface area contributed by atoms with Crippen molar-refractivity contribution in [2.45, 2.75) is 69.9 Å². The first kappa shape index (κ1) is 23.6. The van der Waals surface area contributed by atoms with Gasteiger partial charge in [-0.1, -0.05) is 31.4 Å². The van der Waals surface area contributed by atoms with Gasteiger partial charge in [-0.3, -0.25) is 4.79 Å². The van der Waals surface area contributed by atoms with Crippen molar-refractivity contribution in [1.29, 1.82) is 0 Å². The van der Waals surface area contributed by atoms with Crippen molar-refractivity contribution >= 4 is 33.5 Å². The van der Waals surface area contributed by atoms with Gasteiger partial charge in [-0.2, -0.15) is 0 Å². The lowest BCUT2D eigenvalue weighted by molar-refractivity contribution is -0.125. The van der Waals surface area contributed by atoms with Gasteiger partial charge in [0.05, 0.1) is 10.6 Å². The second kappa shape index (κ2) is 9.45. The molecular formula is C20H29ClN2O5S. The molecule has 7 nitrogen and oxygen atoms in total. The summed E-state index contributed by atoms with van der Waals surface area (Å²) < 4.78 is 32.7. The van der Waals surface area contributed by atoms with Crippen LogP contribution >= 0.6 is 11.6 Å². The Labute approximate surface area is 177 Å². The zero-order valence-corrected chi connectivity index (χ0v) is 18.8. The lowest BCUT2D eigenvalue weighted by Crippen LogP contribution is -2.42. The van der Waals surface area contributed by atoms with Gasteiger partial charge in [-0.05, 0) is 57.7 Å². The van der Waals surface area contributed by atoms with E-state index in [2.05, 4.69) is 17.0 Å². The molecule has 1 aromatic carbocycles. The van der Waals surface area contributed by atoms with Gasteiger partial charge >= 0.3 is 5.97 Å². The van der Waals surface area contributed by atoms with E-state index in [9.17, 15) is 18.0 Å². The fourth-order valence-corrected chi connectivity index (χ4v) is 5.23. The highest BCUT2D eigenvalue weighted by Crippen LogP contribution is 2.25. The van der Waals surface area contributed by atoms with Crippen molar-refractivity contribution in [2.24, 2.45) is 5.92 Å². The third kappa shape index (κ3) is 6.97. The molecule has 29 heavy (non-hydrogen) atoms. The van der Waals surface area contributed by atoms with Crippen LogP contribution in [0.25, 0.3) is 0 Å². The van der Waals surface area contributed by atoms with Crippen molar-refractivity contribution < 1.29 is 22.7 Å². The highest BCUT2D eigenvalue weighted by atomic mass is 35.5.